The molecule has 0 rings (SSSR count). The fraction of sp³-hybridized carbons (Fsp3) is 0.556. The van der Waals surface area contributed by atoms with Gasteiger partial charge in [0.25, 0.3) is 0 Å². The zero-order valence-electron chi connectivity index (χ0n) is 9.35. The molecule has 0 aliphatic carbocycles. The molecule has 0 fully saturated rings. The van der Waals surface area contributed by atoms with E-state index in [0.29, 0.717) is 12.2 Å². The maximum atomic E-state index is 9.55. The van der Waals surface area contributed by atoms with Gasteiger partial charge in [0.05, 0.1) is 25.9 Å². The molecule has 1 unspecified atom stereocenters. The first-order valence-electron chi connectivity index (χ1n) is 4.46. The van der Waals surface area contributed by atoms with E-state index in [9.17, 15) is 9.59 Å². The molecule has 0 aromatic heterocycles. The maximum absolute atomic E-state index is 9.55. The summed E-state index contributed by atoms with van der Waals surface area (Å²) in [6.45, 7) is 1.14. The Morgan fingerprint density at radius 1 is 1.00 bits per heavy atom. The number of aliphatic hydroxyl groups excluding tert-OH is 4. The Kier molecular flexibility index (Phi) is 20.8. The Balaban J connectivity index is -0.000000188. The van der Waals surface area contributed by atoms with Crippen LogP contribution in [0.25, 0.3) is 0 Å². The van der Waals surface area contributed by atoms with Gasteiger partial charge in [0.15, 0.2) is 0 Å². The number of hydrogen-bond donors (Lipinski definition) is 6. The van der Waals surface area contributed by atoms with E-state index < -0.39 is 18.0 Å². The van der Waals surface area contributed by atoms with Gasteiger partial charge in [0.1, 0.15) is 0 Å². The quantitative estimate of drug-likeness (QED) is 0.316. The lowest BCUT2D eigenvalue weighted by molar-refractivity contribution is -0.134. The van der Waals surface area contributed by atoms with Crippen LogP contribution in [0.3, 0.4) is 0 Å². The lowest BCUT2D eigenvalue weighted by Crippen LogP contribution is -2.03. The van der Waals surface area contributed by atoms with Crippen LogP contribution in [0.4, 0.5) is 0 Å². The Hall–Kier alpha value is -1.48. The van der Waals surface area contributed by atoms with Gasteiger partial charge < -0.3 is 30.6 Å². The molecule has 102 valence electrons. The van der Waals surface area contributed by atoms with E-state index >= 15 is 0 Å². The third-order valence-electron chi connectivity index (χ3n) is 0.733. The van der Waals surface area contributed by atoms with Gasteiger partial charge in [-0.25, -0.2) is 9.59 Å². The second kappa shape index (κ2) is 16.9. The Morgan fingerprint density at radius 2 is 1.24 bits per heavy atom. The Morgan fingerprint density at radius 3 is 1.29 bits per heavy atom. The van der Waals surface area contributed by atoms with Crippen LogP contribution in [0.15, 0.2) is 12.2 Å². The normalized spacial score (nSPS) is 10.6. The van der Waals surface area contributed by atoms with E-state index in [2.05, 4.69) is 0 Å². The first-order chi connectivity index (χ1) is 7.81. The predicted molar refractivity (Wildman–Crippen MR) is 57.3 cm³/mol. The van der Waals surface area contributed by atoms with Crippen molar-refractivity contribution in [1.82, 2.24) is 0 Å². The zero-order valence-corrected chi connectivity index (χ0v) is 9.35. The van der Waals surface area contributed by atoms with Crippen molar-refractivity contribution in [2.75, 3.05) is 19.8 Å². The second-order valence-corrected chi connectivity index (χ2v) is 2.49. The van der Waals surface area contributed by atoms with Gasteiger partial charge in [-0.05, 0) is 6.92 Å². The highest BCUT2D eigenvalue weighted by molar-refractivity contribution is 5.89. The van der Waals surface area contributed by atoms with Crippen LogP contribution in [0.5, 0.6) is 0 Å². The van der Waals surface area contributed by atoms with Crippen LogP contribution in [-0.4, -0.2) is 68.5 Å². The molecule has 0 saturated carbocycles. The van der Waals surface area contributed by atoms with E-state index in [1.807, 2.05) is 0 Å². The third kappa shape index (κ3) is 53.5. The highest BCUT2D eigenvalue weighted by Crippen LogP contribution is 1.70. The molecule has 17 heavy (non-hydrogen) atoms. The first kappa shape index (κ1) is 20.9. The molecule has 1 atom stereocenters. The van der Waals surface area contributed by atoms with E-state index in [0.717, 1.165) is 0 Å². The van der Waals surface area contributed by atoms with Crippen LogP contribution in [0.1, 0.15) is 6.92 Å². The fourth-order valence-electron chi connectivity index (χ4n) is 0.143. The van der Waals surface area contributed by atoms with Crippen molar-refractivity contribution in [3.63, 3.8) is 0 Å². The number of carboxylic acid groups (broad SMARTS) is 2. The minimum atomic E-state index is -1.26. The molecule has 0 aliphatic heterocycles. The number of carbonyl (C=O) groups is 2. The number of carboxylic acids is 2. The molecule has 0 bridgehead atoms. The summed E-state index contributed by atoms with van der Waals surface area (Å²) in [5.41, 5.74) is 0. The van der Waals surface area contributed by atoms with Crippen molar-refractivity contribution in [3.05, 3.63) is 12.2 Å². The molecule has 0 amide bonds. The van der Waals surface area contributed by atoms with Crippen molar-refractivity contribution in [1.29, 1.82) is 0 Å². The monoisotopic (exact) mass is 254 g/mol. The number of rotatable bonds is 4. The Bertz CT molecular complexity index is 193. The van der Waals surface area contributed by atoms with Crippen molar-refractivity contribution >= 4 is 11.9 Å². The summed E-state index contributed by atoms with van der Waals surface area (Å²) in [5.74, 6) is -2.51. The molecule has 0 heterocycles. The Labute approximate surface area is 98.1 Å². The SMILES string of the molecule is CC(O)CO.O=C(O)/C=C\C(=O)O.OCCO. The molecule has 0 aromatic carbocycles. The van der Waals surface area contributed by atoms with Crippen LogP contribution in [0, 0.1) is 0 Å². The van der Waals surface area contributed by atoms with Crippen molar-refractivity contribution < 1.29 is 40.2 Å². The van der Waals surface area contributed by atoms with E-state index in [1.54, 1.807) is 0 Å². The third-order valence-corrected chi connectivity index (χ3v) is 0.733. The molecule has 0 spiro atoms. The summed E-state index contributed by atoms with van der Waals surface area (Å²) in [5, 5.41) is 46.9. The lowest BCUT2D eigenvalue weighted by atomic mass is 10.5. The lowest BCUT2D eigenvalue weighted by Gasteiger charge is -1.90. The molecule has 8 heteroatoms. The van der Waals surface area contributed by atoms with E-state index in [-0.39, 0.29) is 19.8 Å². The highest BCUT2D eigenvalue weighted by Gasteiger charge is 1.88. The molecule has 0 aromatic rings. The summed E-state index contributed by atoms with van der Waals surface area (Å²) in [7, 11) is 0. The molecular weight excluding hydrogens is 236 g/mol. The summed E-state index contributed by atoms with van der Waals surface area (Å²) in [6, 6.07) is 0. The summed E-state index contributed by atoms with van der Waals surface area (Å²) in [6.07, 6.45) is 0.556. The average Bonchev–Trinajstić information content (AvgIpc) is 2.27. The topological polar surface area (TPSA) is 156 Å². The largest absolute Gasteiger partial charge is 0.478 e. The maximum Gasteiger partial charge on any atom is 0.328 e. The van der Waals surface area contributed by atoms with Gasteiger partial charge in [-0.3, -0.25) is 0 Å². The number of aliphatic carboxylic acids is 2. The van der Waals surface area contributed by atoms with Gasteiger partial charge in [-0.2, -0.15) is 0 Å². The van der Waals surface area contributed by atoms with Crippen LogP contribution >= 0.6 is 0 Å². The van der Waals surface area contributed by atoms with Crippen molar-refractivity contribution in [2.45, 2.75) is 13.0 Å². The molecule has 0 radical (unpaired) electrons. The number of aliphatic hydroxyl groups is 4. The van der Waals surface area contributed by atoms with Crippen LogP contribution in [-0.2, 0) is 9.59 Å². The van der Waals surface area contributed by atoms with Crippen molar-refractivity contribution in [2.24, 2.45) is 0 Å². The smallest absolute Gasteiger partial charge is 0.328 e. The molecular formula is C9H18O8. The zero-order chi connectivity index (χ0) is 14.3. The van der Waals surface area contributed by atoms with Gasteiger partial charge in [-0.1, -0.05) is 0 Å². The summed E-state index contributed by atoms with van der Waals surface area (Å²) < 4.78 is 0. The average molecular weight is 254 g/mol. The molecule has 0 saturated heterocycles. The molecule has 8 nitrogen and oxygen atoms in total. The van der Waals surface area contributed by atoms with E-state index in [4.69, 9.17) is 30.6 Å². The van der Waals surface area contributed by atoms with Gasteiger partial charge in [0.2, 0.25) is 0 Å². The predicted octanol–water partition coefficient (Wildman–Crippen LogP) is -1.96. The summed E-state index contributed by atoms with van der Waals surface area (Å²) in [4.78, 5) is 19.1. The van der Waals surface area contributed by atoms with Gasteiger partial charge >= 0.3 is 11.9 Å². The van der Waals surface area contributed by atoms with Gasteiger partial charge in [-0.15, -0.1) is 0 Å². The van der Waals surface area contributed by atoms with Crippen LogP contribution < -0.4 is 0 Å². The molecule has 0 aliphatic rings. The second-order valence-electron chi connectivity index (χ2n) is 2.49. The minimum Gasteiger partial charge on any atom is -0.478 e. The van der Waals surface area contributed by atoms with E-state index in [1.165, 1.54) is 6.92 Å². The van der Waals surface area contributed by atoms with Crippen LogP contribution in [0.2, 0.25) is 0 Å². The summed E-state index contributed by atoms with van der Waals surface area (Å²) >= 11 is 0. The number of hydrogen-bond acceptors (Lipinski definition) is 6. The fourth-order valence-corrected chi connectivity index (χ4v) is 0.143. The first-order valence-corrected chi connectivity index (χ1v) is 4.46. The minimum absolute atomic E-state index is 0.125. The standard InChI is InChI=1S/C4H4O4.C3H8O2.C2H6O2/c5-3(6)1-2-4(7)8;1-3(5)2-4;3-1-2-4/h1-2H,(H,5,6)(H,7,8);3-5H,2H2,1H3;3-4H,1-2H2/b2-1-;;. The molecule has 6 N–H and O–H groups in total. The van der Waals surface area contributed by atoms with Crippen molar-refractivity contribution in [3.8, 4) is 0 Å². The highest BCUT2D eigenvalue weighted by atomic mass is 16.4. The van der Waals surface area contributed by atoms with Gasteiger partial charge in [0, 0.05) is 12.2 Å².